The highest BCUT2D eigenvalue weighted by Crippen LogP contribution is 2.11. The first-order chi connectivity index (χ1) is 12.6. The molecule has 0 saturated heterocycles. The average Bonchev–Trinajstić information content (AvgIpc) is 2.62. The Hall–Kier alpha value is -1.92. The summed E-state index contributed by atoms with van der Waals surface area (Å²) in [5.41, 5.74) is -2.07. The Balaban J connectivity index is 2.02. The van der Waals surface area contributed by atoms with E-state index in [0.717, 1.165) is 19.3 Å². The predicted molar refractivity (Wildman–Crippen MR) is 101 cm³/mol. The molecule has 7 heteroatoms. The Morgan fingerprint density at radius 2 is 1.46 bits per heavy atom. The van der Waals surface area contributed by atoms with Crippen molar-refractivity contribution in [3.05, 3.63) is 32.9 Å². The van der Waals surface area contributed by atoms with Crippen LogP contribution in [0.25, 0.3) is 0 Å². The molecule has 0 aliphatic heterocycles. The van der Waals surface area contributed by atoms with Crippen LogP contribution in [-0.2, 0) is 0 Å². The quantitative estimate of drug-likeness (QED) is 0.517. The van der Waals surface area contributed by atoms with Crippen LogP contribution in [0.2, 0.25) is 0 Å². The summed E-state index contributed by atoms with van der Waals surface area (Å²) < 4.78 is 13.7. The lowest BCUT2D eigenvalue weighted by Gasteiger charge is -2.07. The summed E-state index contributed by atoms with van der Waals surface area (Å²) in [4.78, 5) is 35.9. The summed E-state index contributed by atoms with van der Waals surface area (Å²) >= 11 is 0. The molecule has 26 heavy (non-hydrogen) atoms. The minimum atomic E-state index is -1.16. The van der Waals surface area contributed by atoms with E-state index < -0.39 is 23.1 Å². The SMILES string of the molecule is CCCCCCCCCCCCCCNC(=O)n1cc(F)c(=O)[nH]c1=O. The third-order valence-electron chi connectivity index (χ3n) is 4.42. The van der Waals surface area contributed by atoms with Gasteiger partial charge in [0.2, 0.25) is 5.82 Å². The van der Waals surface area contributed by atoms with Gasteiger partial charge in [-0.05, 0) is 6.42 Å². The maximum atomic E-state index is 13.1. The average molecular weight is 369 g/mol. The predicted octanol–water partition coefficient (Wildman–Crippen LogP) is 3.93. The molecule has 2 N–H and O–H groups in total. The van der Waals surface area contributed by atoms with Crippen molar-refractivity contribution in [1.82, 2.24) is 14.9 Å². The van der Waals surface area contributed by atoms with Gasteiger partial charge in [-0.15, -0.1) is 0 Å². The Bertz CT molecular complexity index is 640. The molecule has 0 saturated carbocycles. The van der Waals surface area contributed by atoms with Crippen LogP contribution in [0.5, 0.6) is 0 Å². The molecule has 0 fully saturated rings. The second-order valence-corrected chi connectivity index (χ2v) is 6.73. The van der Waals surface area contributed by atoms with Crippen molar-refractivity contribution in [1.29, 1.82) is 0 Å². The van der Waals surface area contributed by atoms with Crippen LogP contribution in [0.15, 0.2) is 15.8 Å². The standard InChI is InChI=1S/C19H32FN3O3/c1-2-3-4-5-6-7-8-9-10-11-12-13-14-21-18(25)23-15-16(20)17(24)22-19(23)26/h15H,2-14H2,1H3,(H,21,25)(H,22,24,26). The van der Waals surface area contributed by atoms with Crippen LogP contribution in [0, 0.1) is 5.82 Å². The summed E-state index contributed by atoms with van der Waals surface area (Å²) in [6, 6.07) is -0.728. The number of unbranched alkanes of at least 4 members (excludes halogenated alkanes) is 11. The molecule has 0 aliphatic rings. The van der Waals surface area contributed by atoms with E-state index in [-0.39, 0.29) is 0 Å². The van der Waals surface area contributed by atoms with Crippen LogP contribution in [0.4, 0.5) is 9.18 Å². The number of hydrogen-bond donors (Lipinski definition) is 2. The van der Waals surface area contributed by atoms with Crippen molar-refractivity contribution < 1.29 is 9.18 Å². The van der Waals surface area contributed by atoms with Crippen molar-refractivity contribution >= 4 is 6.03 Å². The number of nitrogens with zero attached hydrogens (tertiary/aromatic N) is 1. The molecule has 0 unspecified atom stereocenters. The topological polar surface area (TPSA) is 84.0 Å². The van der Waals surface area contributed by atoms with E-state index >= 15 is 0 Å². The van der Waals surface area contributed by atoms with E-state index in [1.54, 1.807) is 4.98 Å². The van der Waals surface area contributed by atoms with Crippen LogP contribution in [-0.4, -0.2) is 22.1 Å². The number of H-pyrrole nitrogens is 1. The molecule has 1 aromatic rings. The lowest BCUT2D eigenvalue weighted by atomic mass is 10.1. The Labute approximate surface area is 154 Å². The van der Waals surface area contributed by atoms with Crippen LogP contribution in [0.1, 0.15) is 84.0 Å². The fraction of sp³-hybridized carbons (Fsp3) is 0.737. The maximum absolute atomic E-state index is 13.1. The first-order valence-corrected chi connectivity index (χ1v) is 9.86. The van der Waals surface area contributed by atoms with Gasteiger partial charge in [-0.1, -0.05) is 77.6 Å². The van der Waals surface area contributed by atoms with Crippen molar-refractivity contribution in [3.8, 4) is 0 Å². The summed E-state index contributed by atoms with van der Waals surface area (Å²) in [6.45, 7) is 2.65. The van der Waals surface area contributed by atoms with Gasteiger partial charge in [0.25, 0.3) is 5.56 Å². The summed E-state index contributed by atoms with van der Waals surface area (Å²) in [5.74, 6) is -1.16. The molecule has 0 aromatic carbocycles. The van der Waals surface area contributed by atoms with Gasteiger partial charge in [-0.25, -0.2) is 14.2 Å². The molecule has 0 atom stereocenters. The van der Waals surface area contributed by atoms with E-state index in [1.807, 2.05) is 0 Å². The molecule has 0 bridgehead atoms. The van der Waals surface area contributed by atoms with E-state index in [1.165, 1.54) is 57.8 Å². The van der Waals surface area contributed by atoms with Crippen molar-refractivity contribution in [3.63, 3.8) is 0 Å². The minimum Gasteiger partial charge on any atom is -0.337 e. The van der Waals surface area contributed by atoms with Crippen LogP contribution in [0.3, 0.4) is 0 Å². The Kier molecular flexibility index (Phi) is 11.3. The highest BCUT2D eigenvalue weighted by Gasteiger charge is 2.09. The van der Waals surface area contributed by atoms with Gasteiger partial charge in [-0.3, -0.25) is 9.78 Å². The number of hydrogen-bond acceptors (Lipinski definition) is 3. The number of amides is 1. The van der Waals surface area contributed by atoms with E-state index in [2.05, 4.69) is 12.2 Å². The first kappa shape index (κ1) is 22.1. The highest BCUT2D eigenvalue weighted by molar-refractivity contribution is 5.76. The zero-order chi connectivity index (χ0) is 19.2. The summed E-state index contributed by atoms with van der Waals surface area (Å²) in [5, 5.41) is 2.56. The largest absolute Gasteiger partial charge is 0.337 e. The monoisotopic (exact) mass is 369 g/mol. The van der Waals surface area contributed by atoms with Gasteiger partial charge in [0.1, 0.15) is 0 Å². The zero-order valence-corrected chi connectivity index (χ0v) is 15.8. The van der Waals surface area contributed by atoms with E-state index in [9.17, 15) is 18.8 Å². The molecular formula is C19H32FN3O3. The summed E-state index contributed by atoms with van der Waals surface area (Å²) in [7, 11) is 0. The molecule has 6 nitrogen and oxygen atoms in total. The molecule has 1 rings (SSSR count). The molecule has 1 heterocycles. The smallest absolute Gasteiger partial charge is 0.336 e. The van der Waals surface area contributed by atoms with E-state index in [4.69, 9.17) is 0 Å². The molecule has 148 valence electrons. The van der Waals surface area contributed by atoms with Gasteiger partial charge in [0.15, 0.2) is 0 Å². The molecule has 0 spiro atoms. The lowest BCUT2D eigenvalue weighted by Crippen LogP contribution is -2.40. The number of aromatic amines is 1. The Morgan fingerprint density at radius 1 is 0.962 bits per heavy atom. The van der Waals surface area contributed by atoms with Gasteiger partial charge in [0, 0.05) is 6.54 Å². The summed E-state index contributed by atoms with van der Waals surface area (Å²) in [6.07, 6.45) is 15.3. The first-order valence-electron chi connectivity index (χ1n) is 9.86. The van der Waals surface area contributed by atoms with Crippen molar-refractivity contribution in [2.45, 2.75) is 84.0 Å². The third kappa shape index (κ3) is 8.97. The zero-order valence-electron chi connectivity index (χ0n) is 15.8. The number of carbonyl (C=O) groups excluding carboxylic acids is 1. The fourth-order valence-corrected chi connectivity index (χ4v) is 2.84. The Morgan fingerprint density at radius 3 is 2.00 bits per heavy atom. The molecule has 0 radical (unpaired) electrons. The fourth-order valence-electron chi connectivity index (χ4n) is 2.84. The van der Waals surface area contributed by atoms with Gasteiger partial charge in [0.05, 0.1) is 6.20 Å². The van der Waals surface area contributed by atoms with Crippen LogP contribution >= 0.6 is 0 Å². The minimum absolute atomic E-state index is 0.420. The van der Waals surface area contributed by atoms with Gasteiger partial charge >= 0.3 is 11.7 Å². The molecule has 0 aliphatic carbocycles. The molecule has 1 aromatic heterocycles. The highest BCUT2D eigenvalue weighted by atomic mass is 19.1. The number of carbonyl (C=O) groups is 1. The number of halogens is 1. The van der Waals surface area contributed by atoms with Crippen molar-refractivity contribution in [2.75, 3.05) is 6.54 Å². The number of rotatable bonds is 13. The van der Waals surface area contributed by atoms with Gasteiger partial charge < -0.3 is 5.32 Å². The second kappa shape index (κ2) is 13.3. The number of aromatic nitrogens is 2. The lowest BCUT2D eigenvalue weighted by molar-refractivity contribution is 0.240. The molecular weight excluding hydrogens is 337 g/mol. The maximum Gasteiger partial charge on any atom is 0.336 e. The van der Waals surface area contributed by atoms with Crippen LogP contribution < -0.4 is 16.6 Å². The van der Waals surface area contributed by atoms with Gasteiger partial charge in [-0.2, -0.15) is 4.39 Å². The van der Waals surface area contributed by atoms with E-state index in [0.29, 0.717) is 17.3 Å². The normalized spacial score (nSPS) is 10.8. The molecule has 1 amide bonds. The second-order valence-electron chi connectivity index (χ2n) is 6.73. The number of nitrogens with one attached hydrogen (secondary N) is 2. The van der Waals surface area contributed by atoms with Crippen molar-refractivity contribution in [2.24, 2.45) is 0 Å². The third-order valence-corrected chi connectivity index (χ3v) is 4.42.